The number of carbonyl (C=O) groups is 1. The molecule has 2 aromatic carbocycles. The predicted octanol–water partition coefficient (Wildman–Crippen LogP) is 4.61. The molecule has 0 aromatic heterocycles. The molecule has 1 atom stereocenters. The van der Waals surface area contributed by atoms with E-state index in [1.165, 1.54) is 18.2 Å². The van der Waals surface area contributed by atoms with Crippen molar-refractivity contribution in [1.82, 2.24) is 10.6 Å². The van der Waals surface area contributed by atoms with E-state index in [0.717, 1.165) is 3.57 Å². The molecule has 0 fully saturated rings. The van der Waals surface area contributed by atoms with Crippen molar-refractivity contribution < 1.29 is 9.72 Å². The lowest BCUT2D eigenvalue weighted by atomic mass is 10.2. The summed E-state index contributed by atoms with van der Waals surface area (Å²) in [6.07, 6.45) is -1.17. The van der Waals surface area contributed by atoms with Crippen LogP contribution < -0.4 is 16.0 Å². The van der Waals surface area contributed by atoms with Gasteiger partial charge in [-0.1, -0.05) is 53.0 Å². The van der Waals surface area contributed by atoms with Crippen LogP contribution >= 0.6 is 69.6 Å². The summed E-state index contributed by atoms with van der Waals surface area (Å²) in [5.74, 6) is -0.466. The molecular formula is C16H12Cl3IN4O3S. The van der Waals surface area contributed by atoms with Gasteiger partial charge in [0.25, 0.3) is 11.6 Å². The zero-order valence-corrected chi connectivity index (χ0v) is 19.0. The number of carbonyl (C=O) groups excluding carboxylic acids is 1. The Hall–Kier alpha value is -1.40. The number of thiocarbonyl (C=S) groups is 1. The minimum atomic E-state index is -1.93. The van der Waals surface area contributed by atoms with Gasteiger partial charge in [-0.2, -0.15) is 0 Å². The van der Waals surface area contributed by atoms with Crippen LogP contribution in [0.3, 0.4) is 0 Å². The molecule has 3 N–H and O–H groups in total. The van der Waals surface area contributed by atoms with E-state index in [1.54, 1.807) is 30.3 Å². The highest BCUT2D eigenvalue weighted by atomic mass is 127. The Labute approximate surface area is 194 Å². The molecule has 0 spiro atoms. The van der Waals surface area contributed by atoms with E-state index in [4.69, 9.17) is 47.0 Å². The SMILES string of the molecule is O=C(N[C@H](NC(=S)Nc1cccc([N+](=O)[O-])c1)C(Cl)(Cl)Cl)c1ccccc1I. The third-order valence-corrected chi connectivity index (χ3v) is 5.13. The van der Waals surface area contributed by atoms with Gasteiger partial charge in [0.1, 0.15) is 6.17 Å². The van der Waals surface area contributed by atoms with Gasteiger partial charge < -0.3 is 16.0 Å². The number of anilines is 1. The van der Waals surface area contributed by atoms with Crippen LogP contribution in [0, 0.1) is 13.7 Å². The van der Waals surface area contributed by atoms with Crippen molar-refractivity contribution >= 4 is 92.0 Å². The number of nitro benzene ring substituents is 1. The molecule has 0 saturated heterocycles. The Balaban J connectivity index is 2.11. The molecule has 0 aliphatic carbocycles. The molecule has 0 bridgehead atoms. The Bertz CT molecular complexity index is 911. The van der Waals surface area contributed by atoms with Crippen molar-refractivity contribution in [2.24, 2.45) is 0 Å². The smallest absolute Gasteiger partial charge is 0.271 e. The lowest BCUT2D eigenvalue weighted by Gasteiger charge is -2.28. The first-order valence-corrected chi connectivity index (χ1v) is 10.1. The highest BCUT2D eigenvalue weighted by Gasteiger charge is 2.35. The Kier molecular flexibility index (Phi) is 8.07. The van der Waals surface area contributed by atoms with E-state index >= 15 is 0 Å². The second-order valence-corrected chi connectivity index (χ2v) is 9.27. The third-order valence-electron chi connectivity index (χ3n) is 3.31. The second kappa shape index (κ2) is 9.88. The van der Waals surface area contributed by atoms with Gasteiger partial charge in [-0.3, -0.25) is 14.9 Å². The van der Waals surface area contributed by atoms with Crippen LogP contribution in [0.4, 0.5) is 11.4 Å². The molecule has 0 radical (unpaired) electrons. The topological polar surface area (TPSA) is 96.3 Å². The number of benzene rings is 2. The molecule has 0 heterocycles. The van der Waals surface area contributed by atoms with Crippen molar-refractivity contribution in [3.8, 4) is 0 Å². The maximum Gasteiger partial charge on any atom is 0.271 e. The van der Waals surface area contributed by atoms with E-state index in [2.05, 4.69) is 16.0 Å². The molecule has 1 amide bonds. The molecule has 148 valence electrons. The first-order valence-electron chi connectivity index (χ1n) is 7.52. The number of halogens is 4. The number of non-ortho nitro benzene ring substituents is 1. The van der Waals surface area contributed by atoms with Crippen molar-refractivity contribution in [2.75, 3.05) is 5.32 Å². The molecule has 0 aliphatic heterocycles. The molecule has 12 heteroatoms. The van der Waals surface area contributed by atoms with Crippen molar-refractivity contribution in [3.63, 3.8) is 0 Å². The van der Waals surface area contributed by atoms with Crippen LogP contribution in [-0.4, -0.2) is 25.9 Å². The average Bonchev–Trinajstić information content (AvgIpc) is 2.60. The highest BCUT2D eigenvalue weighted by Crippen LogP contribution is 2.29. The van der Waals surface area contributed by atoms with Gasteiger partial charge in [-0.25, -0.2) is 0 Å². The summed E-state index contributed by atoms with van der Waals surface area (Å²) in [7, 11) is 0. The number of nitrogens with zero attached hydrogens (tertiary/aromatic N) is 1. The largest absolute Gasteiger partial charge is 0.339 e. The predicted molar refractivity (Wildman–Crippen MR) is 123 cm³/mol. The summed E-state index contributed by atoms with van der Waals surface area (Å²) in [5.41, 5.74) is 0.651. The van der Waals surface area contributed by atoms with Crippen LogP contribution in [0.25, 0.3) is 0 Å². The molecule has 0 saturated carbocycles. The van der Waals surface area contributed by atoms with Crippen LogP contribution in [0.15, 0.2) is 48.5 Å². The van der Waals surface area contributed by atoms with Crippen molar-refractivity contribution in [1.29, 1.82) is 0 Å². The molecule has 2 rings (SSSR count). The minimum absolute atomic E-state index is 0.000110. The van der Waals surface area contributed by atoms with Crippen molar-refractivity contribution in [3.05, 3.63) is 67.8 Å². The summed E-state index contributed by atoms with van der Waals surface area (Å²) in [4.78, 5) is 22.8. The number of nitro groups is 1. The first-order chi connectivity index (χ1) is 13.1. The minimum Gasteiger partial charge on any atom is -0.339 e. The molecule has 28 heavy (non-hydrogen) atoms. The van der Waals surface area contributed by atoms with E-state index < -0.39 is 20.8 Å². The van der Waals surface area contributed by atoms with Gasteiger partial charge in [0, 0.05) is 21.4 Å². The lowest BCUT2D eigenvalue weighted by molar-refractivity contribution is -0.384. The number of nitrogens with one attached hydrogen (secondary N) is 3. The van der Waals surface area contributed by atoms with E-state index in [1.807, 2.05) is 22.6 Å². The summed E-state index contributed by atoms with van der Waals surface area (Å²) in [6, 6.07) is 12.6. The van der Waals surface area contributed by atoms with Gasteiger partial charge in [0.05, 0.1) is 10.5 Å². The van der Waals surface area contributed by atoms with E-state index in [-0.39, 0.29) is 10.8 Å². The number of alkyl halides is 3. The number of amides is 1. The summed E-state index contributed by atoms with van der Waals surface area (Å²) >= 11 is 25.1. The summed E-state index contributed by atoms with van der Waals surface area (Å²) in [5, 5.41) is 18.9. The summed E-state index contributed by atoms with van der Waals surface area (Å²) in [6.45, 7) is 0. The average molecular weight is 574 g/mol. The van der Waals surface area contributed by atoms with E-state index in [9.17, 15) is 14.9 Å². The van der Waals surface area contributed by atoms with Crippen molar-refractivity contribution in [2.45, 2.75) is 9.96 Å². The van der Waals surface area contributed by atoms with Gasteiger partial charge in [-0.15, -0.1) is 0 Å². The first kappa shape index (κ1) is 22.9. The molecular weight excluding hydrogens is 562 g/mol. The normalized spacial score (nSPS) is 12.0. The lowest BCUT2D eigenvalue weighted by Crippen LogP contribution is -2.56. The quantitative estimate of drug-likeness (QED) is 0.121. The maximum atomic E-state index is 12.5. The Morgan fingerprint density at radius 3 is 2.43 bits per heavy atom. The van der Waals surface area contributed by atoms with Gasteiger partial charge in [-0.05, 0) is 53.0 Å². The zero-order chi connectivity index (χ0) is 20.9. The van der Waals surface area contributed by atoms with Crippen LogP contribution in [0.1, 0.15) is 10.4 Å². The number of rotatable bonds is 5. The molecule has 0 aliphatic rings. The van der Waals surface area contributed by atoms with Gasteiger partial charge in [0.2, 0.25) is 3.79 Å². The van der Waals surface area contributed by atoms with Gasteiger partial charge in [0.15, 0.2) is 5.11 Å². The highest BCUT2D eigenvalue weighted by molar-refractivity contribution is 14.1. The summed E-state index contributed by atoms with van der Waals surface area (Å²) < 4.78 is -1.21. The molecule has 7 nitrogen and oxygen atoms in total. The van der Waals surface area contributed by atoms with Crippen LogP contribution in [0.5, 0.6) is 0 Å². The fourth-order valence-corrected chi connectivity index (χ4v) is 3.24. The van der Waals surface area contributed by atoms with E-state index in [0.29, 0.717) is 11.3 Å². The maximum absolute atomic E-state index is 12.5. The molecule has 2 aromatic rings. The number of hydrogen-bond donors (Lipinski definition) is 3. The standard InChI is InChI=1S/C16H12Cl3IN4O3S/c17-16(18,19)14(22-13(25)11-6-1-2-7-12(11)20)23-15(28)21-9-4-3-5-10(8-9)24(26)27/h1-8,14H,(H,22,25)(H2,21,23,28)/t14-/m1/s1. The van der Waals surface area contributed by atoms with Gasteiger partial charge >= 0.3 is 0 Å². The Morgan fingerprint density at radius 2 is 1.82 bits per heavy atom. The number of hydrogen-bond acceptors (Lipinski definition) is 4. The van der Waals surface area contributed by atoms with Crippen LogP contribution in [-0.2, 0) is 0 Å². The Morgan fingerprint density at radius 1 is 1.14 bits per heavy atom. The fourth-order valence-electron chi connectivity index (χ4n) is 2.05. The third kappa shape index (κ3) is 6.59. The monoisotopic (exact) mass is 572 g/mol. The van der Waals surface area contributed by atoms with Crippen LogP contribution in [0.2, 0.25) is 0 Å². The molecule has 0 unspecified atom stereocenters. The second-order valence-electron chi connectivity index (χ2n) is 5.33. The fraction of sp³-hybridized carbons (Fsp3) is 0.125. The zero-order valence-electron chi connectivity index (χ0n) is 13.8.